The molecule has 0 unspecified atom stereocenters. The van der Waals surface area contributed by atoms with Crippen molar-refractivity contribution in [2.75, 3.05) is 4.90 Å². The van der Waals surface area contributed by atoms with Crippen LogP contribution in [0.25, 0.3) is 10.2 Å². The van der Waals surface area contributed by atoms with E-state index < -0.39 is 0 Å². The monoisotopic (exact) mass is 404 g/mol. The quantitative estimate of drug-likeness (QED) is 0.416. The summed E-state index contributed by atoms with van der Waals surface area (Å²) in [6.07, 6.45) is 1.96. The summed E-state index contributed by atoms with van der Waals surface area (Å²) in [6, 6.07) is 14.2. The zero-order valence-electron chi connectivity index (χ0n) is 17.2. The molecule has 2 aromatic heterocycles. The Morgan fingerprint density at radius 3 is 2.59 bits per heavy atom. The summed E-state index contributed by atoms with van der Waals surface area (Å²) < 4.78 is 6.62. The maximum absolute atomic E-state index is 13.3. The molecule has 5 heteroatoms. The number of aromatic nitrogens is 1. The molecule has 0 atom stereocenters. The van der Waals surface area contributed by atoms with E-state index >= 15 is 0 Å². The number of carbonyl (C=O) groups is 1. The third-order valence-electron chi connectivity index (χ3n) is 5.17. The van der Waals surface area contributed by atoms with E-state index in [4.69, 9.17) is 9.40 Å². The average Bonchev–Trinajstić information content (AvgIpc) is 3.32. The van der Waals surface area contributed by atoms with E-state index in [2.05, 4.69) is 52.0 Å². The highest BCUT2D eigenvalue weighted by atomic mass is 32.1. The first kappa shape index (κ1) is 19.4. The molecule has 0 spiro atoms. The fourth-order valence-electron chi connectivity index (χ4n) is 3.48. The molecular weight excluding hydrogens is 380 g/mol. The van der Waals surface area contributed by atoms with Gasteiger partial charge in [0.2, 0.25) is 5.91 Å². The van der Waals surface area contributed by atoms with Gasteiger partial charge in [-0.2, -0.15) is 0 Å². The van der Waals surface area contributed by atoms with Crippen LogP contribution in [0.4, 0.5) is 5.13 Å². The van der Waals surface area contributed by atoms with Crippen molar-refractivity contribution < 1.29 is 9.21 Å². The Balaban J connectivity index is 1.70. The summed E-state index contributed by atoms with van der Waals surface area (Å²) in [5, 5.41) is 0.707. The molecule has 0 saturated heterocycles. The van der Waals surface area contributed by atoms with E-state index in [0.29, 0.717) is 18.1 Å². The first-order valence-electron chi connectivity index (χ1n) is 9.67. The normalized spacial score (nSPS) is 11.2. The first-order chi connectivity index (χ1) is 13.9. The van der Waals surface area contributed by atoms with E-state index in [9.17, 15) is 4.79 Å². The second-order valence-electron chi connectivity index (χ2n) is 7.58. The van der Waals surface area contributed by atoms with Crippen molar-refractivity contribution >= 4 is 32.6 Å². The standard InChI is InChI=1S/C24H24N2O2S/c1-15-10-18(4)23-21(11-15)29-24(25-23)26(14-20-6-5-9-28-20)22(27)13-19-8-7-16(2)17(3)12-19/h5-12H,13-14H2,1-4H3. The number of hydrogen-bond acceptors (Lipinski definition) is 4. The number of carbonyl (C=O) groups excluding carboxylic acids is 1. The molecule has 0 fully saturated rings. The maximum atomic E-state index is 13.3. The zero-order valence-corrected chi connectivity index (χ0v) is 18.0. The molecule has 0 aliphatic heterocycles. The Morgan fingerprint density at radius 1 is 1.03 bits per heavy atom. The second-order valence-corrected chi connectivity index (χ2v) is 8.59. The van der Waals surface area contributed by atoms with Crippen LogP contribution in [0.3, 0.4) is 0 Å². The van der Waals surface area contributed by atoms with Crippen LogP contribution in [-0.4, -0.2) is 10.9 Å². The summed E-state index contributed by atoms with van der Waals surface area (Å²) in [4.78, 5) is 19.9. The van der Waals surface area contributed by atoms with Crippen LogP contribution in [0.15, 0.2) is 53.1 Å². The Kier molecular flexibility index (Phi) is 5.24. The van der Waals surface area contributed by atoms with Gasteiger partial charge in [-0.25, -0.2) is 4.98 Å². The molecule has 1 amide bonds. The summed E-state index contributed by atoms with van der Waals surface area (Å²) in [5.41, 5.74) is 6.71. The number of aryl methyl sites for hydroxylation is 4. The molecule has 4 nitrogen and oxygen atoms in total. The molecule has 29 heavy (non-hydrogen) atoms. The van der Waals surface area contributed by atoms with Gasteiger partial charge in [0.15, 0.2) is 5.13 Å². The predicted molar refractivity (Wildman–Crippen MR) is 119 cm³/mol. The van der Waals surface area contributed by atoms with Gasteiger partial charge >= 0.3 is 0 Å². The van der Waals surface area contributed by atoms with Crippen molar-refractivity contribution in [2.24, 2.45) is 0 Å². The van der Waals surface area contributed by atoms with Gasteiger partial charge in [-0.05, 0) is 73.7 Å². The lowest BCUT2D eigenvalue weighted by atomic mass is 10.0. The molecule has 0 bridgehead atoms. The summed E-state index contributed by atoms with van der Waals surface area (Å²) >= 11 is 1.55. The molecule has 2 aromatic carbocycles. The number of rotatable bonds is 5. The van der Waals surface area contributed by atoms with Crippen LogP contribution in [0.2, 0.25) is 0 Å². The Hall–Kier alpha value is -2.92. The minimum Gasteiger partial charge on any atom is -0.467 e. The Morgan fingerprint density at radius 2 is 1.86 bits per heavy atom. The van der Waals surface area contributed by atoms with Crippen molar-refractivity contribution in [1.82, 2.24) is 4.98 Å². The maximum Gasteiger partial charge on any atom is 0.233 e. The van der Waals surface area contributed by atoms with Crippen molar-refractivity contribution in [2.45, 2.75) is 40.7 Å². The zero-order chi connectivity index (χ0) is 20.5. The van der Waals surface area contributed by atoms with E-state index in [1.54, 1.807) is 22.5 Å². The highest BCUT2D eigenvalue weighted by molar-refractivity contribution is 7.22. The first-order valence-corrected chi connectivity index (χ1v) is 10.5. The molecule has 0 aliphatic rings. The number of furan rings is 1. The van der Waals surface area contributed by atoms with Crippen molar-refractivity contribution in [3.05, 3.63) is 82.3 Å². The third-order valence-corrected chi connectivity index (χ3v) is 6.20. The van der Waals surface area contributed by atoms with Gasteiger partial charge in [0, 0.05) is 0 Å². The molecule has 0 saturated carbocycles. The summed E-state index contributed by atoms with van der Waals surface area (Å²) in [7, 11) is 0. The lowest BCUT2D eigenvalue weighted by molar-refractivity contribution is -0.118. The fraction of sp³-hybridized carbons (Fsp3) is 0.250. The fourth-order valence-corrected chi connectivity index (χ4v) is 4.64. The number of fused-ring (bicyclic) bond motifs is 1. The van der Waals surface area contributed by atoms with Crippen LogP contribution in [0.5, 0.6) is 0 Å². The molecule has 4 aromatic rings. The summed E-state index contributed by atoms with van der Waals surface area (Å²) in [6.45, 7) is 8.66. The number of benzene rings is 2. The van der Waals surface area contributed by atoms with Gasteiger partial charge in [-0.15, -0.1) is 0 Å². The van der Waals surface area contributed by atoms with E-state index in [1.165, 1.54) is 16.7 Å². The molecule has 0 N–H and O–H groups in total. The molecule has 0 aliphatic carbocycles. The Bertz CT molecular complexity index is 1180. The largest absolute Gasteiger partial charge is 0.467 e. The second kappa shape index (κ2) is 7.84. The highest BCUT2D eigenvalue weighted by Gasteiger charge is 2.22. The van der Waals surface area contributed by atoms with Crippen molar-refractivity contribution in [3.63, 3.8) is 0 Å². The average molecular weight is 405 g/mol. The van der Waals surface area contributed by atoms with Crippen molar-refractivity contribution in [1.29, 1.82) is 0 Å². The smallest absolute Gasteiger partial charge is 0.233 e. The van der Waals surface area contributed by atoms with E-state index in [-0.39, 0.29) is 5.91 Å². The van der Waals surface area contributed by atoms with Crippen LogP contribution >= 0.6 is 11.3 Å². The van der Waals surface area contributed by atoms with Crippen molar-refractivity contribution in [3.8, 4) is 0 Å². The number of hydrogen-bond donors (Lipinski definition) is 0. The molecule has 0 radical (unpaired) electrons. The van der Waals surface area contributed by atoms with Gasteiger partial charge < -0.3 is 4.42 Å². The SMILES string of the molecule is Cc1cc(C)c2nc(N(Cc3ccco3)C(=O)Cc3ccc(C)c(C)c3)sc2c1. The van der Waals surface area contributed by atoms with Crippen LogP contribution in [-0.2, 0) is 17.8 Å². The van der Waals surface area contributed by atoms with Crippen LogP contribution in [0, 0.1) is 27.7 Å². The molecule has 148 valence electrons. The van der Waals surface area contributed by atoms with E-state index in [1.807, 2.05) is 18.2 Å². The predicted octanol–water partition coefficient (Wildman–Crippen LogP) is 5.90. The van der Waals surface area contributed by atoms with Gasteiger partial charge in [0.05, 0.1) is 29.4 Å². The summed E-state index contributed by atoms with van der Waals surface area (Å²) in [5.74, 6) is 0.753. The third kappa shape index (κ3) is 4.10. The van der Waals surface area contributed by atoms with Gasteiger partial charge in [0.1, 0.15) is 5.76 Å². The lowest BCUT2D eigenvalue weighted by Gasteiger charge is -2.19. The number of thiazole rings is 1. The highest BCUT2D eigenvalue weighted by Crippen LogP contribution is 2.33. The minimum atomic E-state index is 0.0121. The number of nitrogens with zero attached hydrogens (tertiary/aromatic N) is 2. The van der Waals surface area contributed by atoms with E-state index in [0.717, 1.165) is 27.1 Å². The van der Waals surface area contributed by atoms with Gasteiger partial charge in [-0.3, -0.25) is 9.69 Å². The molecule has 2 heterocycles. The number of anilines is 1. The minimum absolute atomic E-state index is 0.0121. The van der Waals surface area contributed by atoms with Gasteiger partial charge in [-0.1, -0.05) is 35.6 Å². The van der Waals surface area contributed by atoms with Crippen LogP contribution < -0.4 is 4.90 Å². The molecular formula is C24H24N2O2S. The topological polar surface area (TPSA) is 46.3 Å². The number of amides is 1. The Labute approximate surface area is 174 Å². The van der Waals surface area contributed by atoms with Crippen LogP contribution in [0.1, 0.15) is 33.6 Å². The molecule has 4 rings (SSSR count). The van der Waals surface area contributed by atoms with Gasteiger partial charge in [0.25, 0.3) is 0 Å². The lowest BCUT2D eigenvalue weighted by Crippen LogP contribution is -2.31.